The number of rotatable bonds is 6. The highest BCUT2D eigenvalue weighted by Gasteiger charge is 2.19. The number of aromatic nitrogens is 2. The number of fused-ring (bicyclic) bond motifs is 4. The van der Waals surface area contributed by atoms with Crippen molar-refractivity contribution in [1.82, 2.24) is 9.55 Å². The molecule has 34 heavy (non-hydrogen) atoms. The van der Waals surface area contributed by atoms with Gasteiger partial charge < -0.3 is 14.1 Å². The molecule has 0 aliphatic rings. The molecule has 5 aromatic rings. The lowest BCUT2D eigenvalue weighted by molar-refractivity contribution is -0.148. The Balaban J connectivity index is 1.30. The number of para-hydroxylation sites is 1. The van der Waals surface area contributed by atoms with Gasteiger partial charge in [0.15, 0.2) is 6.61 Å². The maximum atomic E-state index is 12.9. The molecule has 0 fully saturated rings. The van der Waals surface area contributed by atoms with E-state index in [1.54, 1.807) is 17.0 Å². The monoisotopic (exact) mass is 455 g/mol. The highest BCUT2D eigenvalue weighted by atomic mass is 16.5. The van der Waals surface area contributed by atoms with Gasteiger partial charge in [-0.1, -0.05) is 48.5 Å². The van der Waals surface area contributed by atoms with Crippen LogP contribution in [-0.4, -0.2) is 34.6 Å². The average molecular weight is 455 g/mol. The molecule has 8 nitrogen and oxygen atoms in total. The standard InChI is InChI=1S/C26H21N3O5/c1-2-29(20-12-7-9-17-8-3-4-10-18(17)20)22(30)15-33-23(31)14-28-16-27-24-19-11-5-6-13-21(19)34-25(24)26(28)32/h3-13,16H,2,14-15H2,1H3. The molecule has 0 unspecified atom stereocenters. The van der Waals surface area contributed by atoms with Crippen LogP contribution < -0.4 is 10.5 Å². The van der Waals surface area contributed by atoms with E-state index >= 15 is 0 Å². The van der Waals surface area contributed by atoms with Crippen LogP contribution in [0, 0.1) is 0 Å². The van der Waals surface area contributed by atoms with E-state index < -0.39 is 18.1 Å². The van der Waals surface area contributed by atoms with Gasteiger partial charge in [-0.2, -0.15) is 0 Å². The summed E-state index contributed by atoms with van der Waals surface area (Å²) in [5.74, 6) is -1.08. The van der Waals surface area contributed by atoms with Gasteiger partial charge in [0.2, 0.25) is 5.58 Å². The minimum atomic E-state index is -0.721. The zero-order chi connectivity index (χ0) is 23.7. The van der Waals surface area contributed by atoms with Crippen molar-refractivity contribution in [3.63, 3.8) is 0 Å². The number of esters is 1. The molecule has 1 amide bonds. The normalized spacial score (nSPS) is 11.2. The second-order valence-corrected chi connectivity index (χ2v) is 7.75. The number of carbonyl (C=O) groups is 2. The van der Waals surface area contributed by atoms with Gasteiger partial charge in [0.1, 0.15) is 17.6 Å². The lowest BCUT2D eigenvalue weighted by atomic mass is 10.1. The van der Waals surface area contributed by atoms with Crippen LogP contribution in [0.1, 0.15) is 6.92 Å². The molecular formula is C26H21N3O5. The van der Waals surface area contributed by atoms with Crippen molar-refractivity contribution in [2.45, 2.75) is 13.5 Å². The van der Waals surface area contributed by atoms with Crippen molar-refractivity contribution in [1.29, 1.82) is 0 Å². The summed E-state index contributed by atoms with van der Waals surface area (Å²) in [5.41, 5.74) is 1.31. The number of furan rings is 1. The Morgan fingerprint density at radius 1 is 1.00 bits per heavy atom. The zero-order valence-corrected chi connectivity index (χ0v) is 18.4. The number of nitrogens with zero attached hydrogens (tertiary/aromatic N) is 3. The number of anilines is 1. The molecule has 0 aliphatic heterocycles. The van der Waals surface area contributed by atoms with Gasteiger partial charge in [0, 0.05) is 17.3 Å². The van der Waals surface area contributed by atoms with Crippen molar-refractivity contribution in [2.24, 2.45) is 0 Å². The molecule has 0 bridgehead atoms. The van der Waals surface area contributed by atoms with E-state index in [4.69, 9.17) is 9.15 Å². The topological polar surface area (TPSA) is 94.6 Å². The SMILES string of the molecule is CCN(C(=O)COC(=O)Cn1cnc2c(oc3ccccc32)c1=O)c1cccc2ccccc12. The highest BCUT2D eigenvalue weighted by molar-refractivity contribution is 6.04. The van der Waals surface area contributed by atoms with E-state index in [1.165, 1.54) is 6.33 Å². The van der Waals surface area contributed by atoms with Gasteiger partial charge in [0.05, 0.1) is 12.0 Å². The lowest BCUT2D eigenvalue weighted by Crippen LogP contribution is -2.35. The number of hydrogen-bond acceptors (Lipinski definition) is 6. The molecule has 0 atom stereocenters. The molecule has 0 aliphatic carbocycles. The van der Waals surface area contributed by atoms with Gasteiger partial charge in [-0.15, -0.1) is 0 Å². The van der Waals surface area contributed by atoms with Crippen LogP contribution in [0.15, 0.2) is 82.3 Å². The molecule has 0 saturated heterocycles. The minimum absolute atomic E-state index is 0.0701. The second kappa shape index (κ2) is 8.82. The molecule has 0 N–H and O–H groups in total. The average Bonchev–Trinajstić information content (AvgIpc) is 3.25. The van der Waals surface area contributed by atoms with Crippen molar-refractivity contribution in [3.05, 3.63) is 83.4 Å². The predicted octanol–water partition coefficient (Wildman–Crippen LogP) is 3.89. The third kappa shape index (κ3) is 3.79. The predicted molar refractivity (Wildman–Crippen MR) is 129 cm³/mol. The van der Waals surface area contributed by atoms with E-state index in [0.29, 0.717) is 17.6 Å². The van der Waals surface area contributed by atoms with E-state index in [1.807, 2.05) is 61.5 Å². The molecule has 0 radical (unpaired) electrons. The Kier molecular flexibility index (Phi) is 5.55. The number of benzene rings is 3. The van der Waals surface area contributed by atoms with Crippen LogP contribution in [0.25, 0.3) is 32.8 Å². The van der Waals surface area contributed by atoms with Gasteiger partial charge >= 0.3 is 5.97 Å². The van der Waals surface area contributed by atoms with E-state index in [2.05, 4.69) is 4.98 Å². The third-order valence-corrected chi connectivity index (χ3v) is 5.68. The summed E-state index contributed by atoms with van der Waals surface area (Å²) in [6.45, 7) is 1.45. The first kappa shape index (κ1) is 21.4. The molecule has 0 spiro atoms. The summed E-state index contributed by atoms with van der Waals surface area (Å²) in [6, 6.07) is 20.7. The summed E-state index contributed by atoms with van der Waals surface area (Å²) in [4.78, 5) is 43.9. The number of likely N-dealkylation sites (N-methyl/N-ethyl adjacent to an activating group) is 1. The van der Waals surface area contributed by atoms with Crippen LogP contribution in [0.2, 0.25) is 0 Å². The Labute approximate surface area is 194 Å². The number of carbonyl (C=O) groups excluding carboxylic acids is 2. The highest BCUT2D eigenvalue weighted by Crippen LogP contribution is 2.27. The van der Waals surface area contributed by atoms with Crippen LogP contribution in [0.3, 0.4) is 0 Å². The van der Waals surface area contributed by atoms with E-state index in [0.717, 1.165) is 26.4 Å². The van der Waals surface area contributed by atoms with Crippen LogP contribution in [0.4, 0.5) is 5.69 Å². The summed E-state index contributed by atoms with van der Waals surface area (Å²) < 4.78 is 11.9. The summed E-state index contributed by atoms with van der Waals surface area (Å²) in [6.07, 6.45) is 1.28. The Hall–Kier alpha value is -4.46. The minimum Gasteiger partial charge on any atom is -0.454 e. The summed E-state index contributed by atoms with van der Waals surface area (Å²) in [7, 11) is 0. The Bertz CT molecular complexity index is 1600. The van der Waals surface area contributed by atoms with Gasteiger partial charge in [-0.3, -0.25) is 19.0 Å². The zero-order valence-electron chi connectivity index (χ0n) is 18.4. The maximum absolute atomic E-state index is 12.9. The van der Waals surface area contributed by atoms with E-state index in [-0.39, 0.29) is 18.0 Å². The second-order valence-electron chi connectivity index (χ2n) is 7.75. The van der Waals surface area contributed by atoms with Crippen molar-refractivity contribution in [3.8, 4) is 0 Å². The van der Waals surface area contributed by atoms with Crippen molar-refractivity contribution < 1.29 is 18.7 Å². The van der Waals surface area contributed by atoms with Gasteiger partial charge in [0.25, 0.3) is 11.5 Å². The van der Waals surface area contributed by atoms with Crippen molar-refractivity contribution in [2.75, 3.05) is 18.1 Å². The molecule has 2 heterocycles. The smallest absolute Gasteiger partial charge is 0.326 e. The van der Waals surface area contributed by atoms with Crippen LogP contribution in [0.5, 0.6) is 0 Å². The Morgan fingerprint density at radius 2 is 1.74 bits per heavy atom. The van der Waals surface area contributed by atoms with E-state index in [9.17, 15) is 14.4 Å². The maximum Gasteiger partial charge on any atom is 0.326 e. The molecule has 170 valence electrons. The molecule has 0 saturated carbocycles. The fourth-order valence-electron chi connectivity index (χ4n) is 4.06. The largest absolute Gasteiger partial charge is 0.454 e. The van der Waals surface area contributed by atoms with Crippen LogP contribution in [-0.2, 0) is 20.9 Å². The third-order valence-electron chi connectivity index (χ3n) is 5.68. The summed E-state index contributed by atoms with van der Waals surface area (Å²) >= 11 is 0. The van der Waals surface area contributed by atoms with Crippen molar-refractivity contribution >= 4 is 50.4 Å². The Morgan fingerprint density at radius 3 is 2.56 bits per heavy atom. The molecule has 8 heteroatoms. The fraction of sp³-hybridized carbons (Fsp3) is 0.154. The molecular weight excluding hydrogens is 434 g/mol. The molecule has 3 aromatic carbocycles. The first-order valence-corrected chi connectivity index (χ1v) is 10.9. The quantitative estimate of drug-likeness (QED) is 0.361. The molecule has 5 rings (SSSR count). The first-order chi connectivity index (χ1) is 16.6. The lowest BCUT2D eigenvalue weighted by Gasteiger charge is -2.22. The number of ether oxygens (including phenoxy) is 1. The van der Waals surface area contributed by atoms with Gasteiger partial charge in [-0.25, -0.2) is 4.98 Å². The summed E-state index contributed by atoms with van der Waals surface area (Å²) in [5, 5.41) is 2.67. The number of hydrogen-bond donors (Lipinski definition) is 0. The van der Waals surface area contributed by atoms with Crippen LogP contribution >= 0.6 is 0 Å². The first-order valence-electron chi connectivity index (χ1n) is 10.9. The number of amides is 1. The molecule has 2 aromatic heterocycles. The fourth-order valence-corrected chi connectivity index (χ4v) is 4.06. The van der Waals surface area contributed by atoms with Gasteiger partial charge in [-0.05, 0) is 30.5 Å².